The second kappa shape index (κ2) is 7.07. The molecule has 5 nitrogen and oxygen atoms in total. The number of hydrogen-bond donors (Lipinski definition) is 3. The molecule has 3 atom stereocenters. The first-order valence-electron chi connectivity index (χ1n) is 8.49. The molecule has 0 aromatic heterocycles. The van der Waals surface area contributed by atoms with E-state index in [9.17, 15) is 9.59 Å². The Balaban J connectivity index is 1.66. The third-order valence-corrected chi connectivity index (χ3v) is 4.75. The molecular weight excluding hydrogens is 314 g/mol. The van der Waals surface area contributed by atoms with E-state index in [4.69, 9.17) is 5.73 Å². The molecule has 4 N–H and O–H groups in total. The van der Waals surface area contributed by atoms with Crippen LogP contribution >= 0.6 is 0 Å². The molecule has 3 unspecified atom stereocenters. The molecule has 1 aliphatic heterocycles. The van der Waals surface area contributed by atoms with E-state index in [2.05, 4.69) is 10.6 Å². The minimum Gasteiger partial charge on any atom is -0.349 e. The Morgan fingerprint density at radius 1 is 1.12 bits per heavy atom. The van der Waals surface area contributed by atoms with E-state index < -0.39 is 0 Å². The van der Waals surface area contributed by atoms with Gasteiger partial charge in [0.25, 0.3) is 0 Å². The summed E-state index contributed by atoms with van der Waals surface area (Å²) in [5, 5.41) is 5.84. The Kier molecular flexibility index (Phi) is 4.86. The zero-order chi connectivity index (χ0) is 18.0. The molecule has 130 valence electrons. The van der Waals surface area contributed by atoms with Gasteiger partial charge < -0.3 is 16.4 Å². The van der Waals surface area contributed by atoms with E-state index in [1.165, 1.54) is 0 Å². The third kappa shape index (κ3) is 3.72. The molecule has 0 fully saturated rings. The van der Waals surface area contributed by atoms with Crippen molar-refractivity contribution in [2.24, 2.45) is 11.7 Å². The van der Waals surface area contributed by atoms with Crippen LogP contribution in [0.2, 0.25) is 0 Å². The van der Waals surface area contributed by atoms with Gasteiger partial charge in [0.1, 0.15) is 0 Å². The smallest absolute Gasteiger partial charge is 0.228 e. The number of amides is 2. The maximum Gasteiger partial charge on any atom is 0.228 e. The Morgan fingerprint density at radius 3 is 2.56 bits per heavy atom. The largest absolute Gasteiger partial charge is 0.349 e. The number of carbonyl (C=O) groups is 2. The molecule has 2 amide bonds. The first-order valence-corrected chi connectivity index (χ1v) is 8.49. The zero-order valence-electron chi connectivity index (χ0n) is 14.5. The van der Waals surface area contributed by atoms with E-state index in [1.54, 1.807) is 0 Å². The summed E-state index contributed by atoms with van der Waals surface area (Å²) in [6.07, 6.45) is 0.388. The lowest BCUT2D eigenvalue weighted by Crippen LogP contribution is -2.36. The maximum atomic E-state index is 12.6. The Bertz CT molecular complexity index is 789. The molecule has 0 saturated heterocycles. The van der Waals surface area contributed by atoms with E-state index >= 15 is 0 Å². The fraction of sp³-hybridized carbons (Fsp3) is 0.300. The normalized spacial score (nSPS) is 16.5. The number of rotatable bonds is 5. The molecule has 3 rings (SSSR count). The summed E-state index contributed by atoms with van der Waals surface area (Å²) in [4.78, 5) is 24.0. The lowest BCUT2D eigenvalue weighted by atomic mass is 9.94. The van der Waals surface area contributed by atoms with Gasteiger partial charge in [0.05, 0.1) is 18.4 Å². The molecular formula is C20H23N3O2. The van der Waals surface area contributed by atoms with E-state index in [1.807, 2.05) is 62.4 Å². The lowest BCUT2D eigenvalue weighted by molar-refractivity contribution is -0.125. The number of carbonyl (C=O) groups excluding carboxylic acids is 2. The van der Waals surface area contributed by atoms with E-state index in [-0.39, 0.29) is 29.8 Å². The van der Waals surface area contributed by atoms with Crippen LogP contribution < -0.4 is 16.4 Å². The van der Waals surface area contributed by atoms with Gasteiger partial charge >= 0.3 is 0 Å². The van der Waals surface area contributed by atoms with Crippen molar-refractivity contribution in [1.82, 2.24) is 5.32 Å². The minimum absolute atomic E-state index is 0.00583. The van der Waals surface area contributed by atoms with Gasteiger partial charge in [0.2, 0.25) is 11.8 Å². The van der Waals surface area contributed by atoms with Crippen molar-refractivity contribution in [3.05, 3.63) is 65.2 Å². The van der Waals surface area contributed by atoms with E-state index in [0.717, 1.165) is 22.4 Å². The average Bonchev–Trinajstić information content (AvgIpc) is 3.00. The summed E-state index contributed by atoms with van der Waals surface area (Å²) >= 11 is 0. The van der Waals surface area contributed by atoms with Gasteiger partial charge in [-0.2, -0.15) is 0 Å². The predicted octanol–water partition coefficient (Wildman–Crippen LogP) is 2.69. The average molecular weight is 337 g/mol. The molecule has 0 spiro atoms. The van der Waals surface area contributed by atoms with E-state index in [0.29, 0.717) is 6.42 Å². The molecule has 0 radical (unpaired) electrons. The van der Waals surface area contributed by atoms with Crippen LogP contribution in [0.1, 0.15) is 42.6 Å². The van der Waals surface area contributed by atoms with Crippen LogP contribution in [0.4, 0.5) is 5.69 Å². The second-order valence-corrected chi connectivity index (χ2v) is 6.60. The molecule has 1 heterocycles. The van der Waals surface area contributed by atoms with Gasteiger partial charge in [-0.1, -0.05) is 49.4 Å². The van der Waals surface area contributed by atoms with Crippen LogP contribution in [0.5, 0.6) is 0 Å². The van der Waals surface area contributed by atoms with Crippen LogP contribution in [0.25, 0.3) is 0 Å². The third-order valence-electron chi connectivity index (χ3n) is 4.75. The summed E-state index contributed by atoms with van der Waals surface area (Å²) in [5.41, 5.74) is 9.98. The predicted molar refractivity (Wildman–Crippen MR) is 97.9 cm³/mol. The summed E-state index contributed by atoms with van der Waals surface area (Å²) in [6.45, 7) is 3.77. The zero-order valence-corrected chi connectivity index (χ0v) is 14.5. The Labute approximate surface area is 147 Å². The molecule has 25 heavy (non-hydrogen) atoms. The monoisotopic (exact) mass is 337 g/mol. The number of nitrogens with two attached hydrogens (primary N) is 1. The van der Waals surface area contributed by atoms with Gasteiger partial charge in [0, 0.05) is 11.7 Å². The topological polar surface area (TPSA) is 84.2 Å². The SMILES string of the molecule is CC(NC(=O)C(C)C(N)c1ccccc1)c1ccc2c(c1)CC(=O)N2. The van der Waals surface area contributed by atoms with Crippen LogP contribution in [-0.2, 0) is 16.0 Å². The van der Waals surface area contributed by atoms with Crippen LogP contribution in [0, 0.1) is 5.92 Å². The molecule has 2 aromatic carbocycles. The second-order valence-electron chi connectivity index (χ2n) is 6.60. The highest BCUT2D eigenvalue weighted by Gasteiger charge is 2.24. The van der Waals surface area contributed by atoms with Gasteiger partial charge in [-0.15, -0.1) is 0 Å². The molecule has 0 bridgehead atoms. The number of fused-ring (bicyclic) bond motifs is 1. The summed E-state index contributed by atoms with van der Waals surface area (Å²) in [7, 11) is 0. The first kappa shape index (κ1) is 17.2. The van der Waals surface area contributed by atoms with Gasteiger partial charge in [-0.3, -0.25) is 9.59 Å². The van der Waals surface area contributed by atoms with Crippen molar-refractivity contribution in [2.45, 2.75) is 32.4 Å². The Morgan fingerprint density at radius 2 is 1.84 bits per heavy atom. The van der Waals surface area contributed by atoms with Crippen molar-refractivity contribution < 1.29 is 9.59 Å². The summed E-state index contributed by atoms with van der Waals surface area (Å²) in [6, 6.07) is 14.9. The Hall–Kier alpha value is -2.66. The summed E-state index contributed by atoms with van der Waals surface area (Å²) in [5.74, 6) is -0.424. The highest BCUT2D eigenvalue weighted by atomic mass is 16.2. The fourth-order valence-electron chi connectivity index (χ4n) is 3.07. The molecule has 2 aromatic rings. The standard InChI is InChI=1S/C20H23N3O2/c1-12(19(21)14-6-4-3-5-7-14)20(25)22-13(2)15-8-9-17-16(10-15)11-18(24)23-17/h3-10,12-13,19H,11,21H2,1-2H3,(H,22,25)(H,23,24). The number of benzene rings is 2. The van der Waals surface area contributed by atoms with Crippen LogP contribution in [-0.4, -0.2) is 11.8 Å². The van der Waals surface area contributed by atoms with Crippen LogP contribution in [0.3, 0.4) is 0 Å². The molecule has 5 heteroatoms. The van der Waals surface area contributed by atoms with Crippen molar-refractivity contribution in [3.8, 4) is 0 Å². The van der Waals surface area contributed by atoms with Crippen molar-refractivity contribution >= 4 is 17.5 Å². The fourth-order valence-corrected chi connectivity index (χ4v) is 3.07. The molecule has 0 aliphatic carbocycles. The van der Waals surface area contributed by atoms with Crippen LogP contribution in [0.15, 0.2) is 48.5 Å². The highest BCUT2D eigenvalue weighted by Crippen LogP contribution is 2.27. The lowest BCUT2D eigenvalue weighted by Gasteiger charge is -2.23. The number of hydrogen-bond acceptors (Lipinski definition) is 3. The van der Waals surface area contributed by atoms with Crippen molar-refractivity contribution in [1.29, 1.82) is 0 Å². The molecule has 0 saturated carbocycles. The van der Waals surface area contributed by atoms with Gasteiger partial charge in [-0.05, 0) is 29.7 Å². The minimum atomic E-state index is -0.352. The quantitative estimate of drug-likeness (QED) is 0.784. The van der Waals surface area contributed by atoms with Crippen molar-refractivity contribution in [3.63, 3.8) is 0 Å². The maximum absolute atomic E-state index is 12.6. The van der Waals surface area contributed by atoms with Gasteiger partial charge in [0.15, 0.2) is 0 Å². The highest BCUT2D eigenvalue weighted by molar-refractivity contribution is 5.99. The summed E-state index contributed by atoms with van der Waals surface area (Å²) < 4.78 is 0. The number of anilines is 1. The van der Waals surface area contributed by atoms with Crippen molar-refractivity contribution in [2.75, 3.05) is 5.32 Å². The molecule has 1 aliphatic rings. The first-order chi connectivity index (χ1) is 12.0. The van der Waals surface area contributed by atoms with Gasteiger partial charge in [-0.25, -0.2) is 0 Å². The number of nitrogens with one attached hydrogen (secondary N) is 2.